The van der Waals surface area contributed by atoms with E-state index in [4.69, 9.17) is 23.2 Å². The molecule has 146 valence electrons. The highest BCUT2D eigenvalue weighted by atomic mass is 35.5. The maximum Gasteiger partial charge on any atom is 0.288 e. The molecule has 0 aliphatic rings. The minimum atomic E-state index is -3.62. The van der Waals surface area contributed by atoms with Gasteiger partial charge < -0.3 is 5.32 Å². The lowest BCUT2D eigenvalue weighted by atomic mass is 10.2. The number of benzene rings is 2. The van der Waals surface area contributed by atoms with E-state index in [-0.39, 0.29) is 34.7 Å². The number of aryl methyl sites for hydroxylation is 1. The van der Waals surface area contributed by atoms with Gasteiger partial charge in [-0.05, 0) is 32.0 Å². The minimum Gasteiger partial charge on any atom is -0.309 e. The van der Waals surface area contributed by atoms with Gasteiger partial charge in [0, 0.05) is 35.8 Å². The number of nitro groups is 1. The first-order chi connectivity index (χ1) is 12.6. The second-order valence-electron chi connectivity index (χ2n) is 6.06. The molecule has 0 bridgehead atoms. The first kappa shape index (κ1) is 21.6. The molecule has 0 radical (unpaired) electrons. The van der Waals surface area contributed by atoms with Gasteiger partial charge in [0.1, 0.15) is 5.02 Å². The number of nitro benzene ring substituents is 1. The highest BCUT2D eigenvalue weighted by molar-refractivity contribution is 7.89. The summed E-state index contributed by atoms with van der Waals surface area (Å²) in [5, 5.41) is 14.3. The molecule has 0 aliphatic heterocycles. The summed E-state index contributed by atoms with van der Waals surface area (Å²) in [4.78, 5) is 10.6. The Balaban J connectivity index is 1.99. The normalized spacial score (nSPS) is 12.7. The van der Waals surface area contributed by atoms with Gasteiger partial charge in [-0.3, -0.25) is 10.1 Å². The molecular formula is C17H19Cl2N3O4S. The van der Waals surface area contributed by atoms with Crippen LogP contribution in [0.3, 0.4) is 0 Å². The Hall–Kier alpha value is -1.71. The van der Waals surface area contributed by atoms with Crippen molar-refractivity contribution in [2.24, 2.45) is 0 Å². The van der Waals surface area contributed by atoms with Crippen LogP contribution in [0.15, 0.2) is 41.3 Å². The van der Waals surface area contributed by atoms with Crippen molar-refractivity contribution in [2.75, 3.05) is 6.54 Å². The van der Waals surface area contributed by atoms with Crippen molar-refractivity contribution in [1.29, 1.82) is 0 Å². The molecule has 0 saturated carbocycles. The number of halogens is 2. The van der Waals surface area contributed by atoms with Crippen LogP contribution in [0.4, 0.5) is 5.69 Å². The zero-order valence-corrected chi connectivity index (χ0v) is 17.0. The SMILES string of the molecule is Cc1ccc(S(=O)(=O)NC[C@H](C)NCc2c(Cl)ccc([N+](=O)[O-])c2Cl)cc1. The third kappa shape index (κ3) is 5.63. The van der Waals surface area contributed by atoms with Crippen LogP contribution >= 0.6 is 23.2 Å². The lowest BCUT2D eigenvalue weighted by molar-refractivity contribution is -0.384. The van der Waals surface area contributed by atoms with Crippen molar-refractivity contribution in [3.63, 3.8) is 0 Å². The fourth-order valence-corrected chi connectivity index (χ4v) is 3.98. The van der Waals surface area contributed by atoms with E-state index in [1.165, 1.54) is 12.1 Å². The summed E-state index contributed by atoms with van der Waals surface area (Å²) in [5.74, 6) is 0. The van der Waals surface area contributed by atoms with E-state index in [2.05, 4.69) is 10.0 Å². The molecule has 27 heavy (non-hydrogen) atoms. The summed E-state index contributed by atoms with van der Waals surface area (Å²) >= 11 is 12.1. The van der Waals surface area contributed by atoms with Gasteiger partial charge in [0.2, 0.25) is 10.0 Å². The number of nitrogens with one attached hydrogen (secondary N) is 2. The maximum absolute atomic E-state index is 12.3. The predicted molar refractivity (Wildman–Crippen MR) is 106 cm³/mol. The number of hydrogen-bond donors (Lipinski definition) is 2. The van der Waals surface area contributed by atoms with Crippen LogP contribution < -0.4 is 10.0 Å². The van der Waals surface area contributed by atoms with E-state index in [9.17, 15) is 18.5 Å². The number of hydrogen-bond acceptors (Lipinski definition) is 5. The summed E-state index contributed by atoms with van der Waals surface area (Å²) in [7, 11) is -3.62. The van der Waals surface area contributed by atoms with E-state index in [1.54, 1.807) is 31.2 Å². The van der Waals surface area contributed by atoms with E-state index in [1.807, 2.05) is 6.92 Å². The zero-order valence-electron chi connectivity index (χ0n) is 14.7. The van der Waals surface area contributed by atoms with Crippen LogP contribution in [0.5, 0.6) is 0 Å². The molecule has 0 aromatic heterocycles. The molecule has 0 saturated heterocycles. The fraction of sp³-hybridized carbons (Fsp3) is 0.294. The van der Waals surface area contributed by atoms with Gasteiger partial charge in [0.05, 0.1) is 9.82 Å². The van der Waals surface area contributed by atoms with Gasteiger partial charge in [-0.15, -0.1) is 0 Å². The summed E-state index contributed by atoms with van der Waals surface area (Å²) in [6.07, 6.45) is 0. The Labute approximate surface area is 167 Å². The molecule has 0 spiro atoms. The van der Waals surface area contributed by atoms with Crippen LogP contribution in [-0.2, 0) is 16.6 Å². The van der Waals surface area contributed by atoms with E-state index >= 15 is 0 Å². The molecule has 2 aromatic rings. The summed E-state index contributed by atoms with van der Waals surface area (Å²) in [5.41, 5.74) is 1.13. The molecule has 0 aliphatic carbocycles. The Morgan fingerprint density at radius 1 is 1.15 bits per heavy atom. The second-order valence-corrected chi connectivity index (χ2v) is 8.62. The van der Waals surface area contributed by atoms with Crippen molar-refractivity contribution in [2.45, 2.75) is 31.3 Å². The summed E-state index contributed by atoms with van der Waals surface area (Å²) < 4.78 is 27.1. The second kappa shape index (κ2) is 8.99. The van der Waals surface area contributed by atoms with E-state index in [0.717, 1.165) is 5.56 Å². The van der Waals surface area contributed by atoms with Gasteiger partial charge >= 0.3 is 0 Å². The molecule has 1 atom stereocenters. The zero-order chi connectivity index (χ0) is 20.2. The van der Waals surface area contributed by atoms with Gasteiger partial charge in [-0.1, -0.05) is 40.9 Å². The van der Waals surface area contributed by atoms with Crippen molar-refractivity contribution in [3.8, 4) is 0 Å². The molecule has 0 fully saturated rings. The smallest absolute Gasteiger partial charge is 0.288 e. The Kier molecular flexibility index (Phi) is 7.19. The van der Waals surface area contributed by atoms with Gasteiger partial charge in [-0.25, -0.2) is 13.1 Å². The average molecular weight is 432 g/mol. The van der Waals surface area contributed by atoms with Crippen molar-refractivity contribution in [3.05, 3.63) is 67.7 Å². The van der Waals surface area contributed by atoms with Gasteiger partial charge in [-0.2, -0.15) is 0 Å². The largest absolute Gasteiger partial charge is 0.309 e. The van der Waals surface area contributed by atoms with E-state index in [0.29, 0.717) is 10.6 Å². The fourth-order valence-electron chi connectivity index (χ4n) is 2.27. The van der Waals surface area contributed by atoms with E-state index < -0.39 is 14.9 Å². The van der Waals surface area contributed by atoms with Crippen LogP contribution in [-0.4, -0.2) is 25.9 Å². The molecule has 2 N–H and O–H groups in total. The molecule has 7 nitrogen and oxygen atoms in total. The van der Waals surface area contributed by atoms with Crippen LogP contribution in [0.25, 0.3) is 0 Å². The Morgan fingerprint density at radius 3 is 2.37 bits per heavy atom. The quantitative estimate of drug-likeness (QED) is 0.490. The maximum atomic E-state index is 12.3. The van der Waals surface area contributed by atoms with Crippen LogP contribution in [0.1, 0.15) is 18.1 Å². The minimum absolute atomic E-state index is 0.0348. The highest BCUT2D eigenvalue weighted by Crippen LogP contribution is 2.33. The molecule has 0 unspecified atom stereocenters. The summed E-state index contributed by atoms with van der Waals surface area (Å²) in [6, 6.07) is 8.92. The highest BCUT2D eigenvalue weighted by Gasteiger charge is 2.19. The summed E-state index contributed by atoms with van der Waals surface area (Å²) in [6.45, 7) is 3.93. The van der Waals surface area contributed by atoms with Gasteiger partial charge in [0.25, 0.3) is 5.69 Å². The third-order valence-corrected chi connectivity index (χ3v) is 6.12. The van der Waals surface area contributed by atoms with Crippen LogP contribution in [0, 0.1) is 17.0 Å². The Morgan fingerprint density at radius 2 is 1.78 bits per heavy atom. The monoisotopic (exact) mass is 431 g/mol. The van der Waals surface area contributed by atoms with Crippen molar-refractivity contribution in [1.82, 2.24) is 10.0 Å². The first-order valence-electron chi connectivity index (χ1n) is 8.03. The average Bonchev–Trinajstić information content (AvgIpc) is 2.60. The van der Waals surface area contributed by atoms with Crippen molar-refractivity contribution >= 4 is 38.9 Å². The number of nitrogens with zero attached hydrogens (tertiary/aromatic N) is 1. The molecule has 10 heteroatoms. The van der Waals surface area contributed by atoms with Gasteiger partial charge in [0.15, 0.2) is 0 Å². The Bertz CT molecular complexity index is 934. The topological polar surface area (TPSA) is 101 Å². The molecule has 2 rings (SSSR count). The molecule has 2 aromatic carbocycles. The molecule has 0 heterocycles. The standard InChI is InChI=1S/C17H19Cl2N3O4S/c1-11-3-5-13(6-4-11)27(25,26)21-9-12(2)20-10-14-15(18)7-8-16(17(14)19)22(23)24/h3-8,12,20-21H,9-10H2,1-2H3/t12-/m0/s1. The number of rotatable bonds is 8. The lowest BCUT2D eigenvalue weighted by Gasteiger charge is -2.16. The number of sulfonamides is 1. The predicted octanol–water partition coefficient (Wildman–Crippen LogP) is 3.67. The van der Waals surface area contributed by atoms with Crippen molar-refractivity contribution < 1.29 is 13.3 Å². The lowest BCUT2D eigenvalue weighted by Crippen LogP contribution is -2.38. The third-order valence-electron chi connectivity index (χ3n) is 3.90. The molecular weight excluding hydrogens is 413 g/mol. The first-order valence-corrected chi connectivity index (χ1v) is 10.3. The van der Waals surface area contributed by atoms with Crippen LogP contribution in [0.2, 0.25) is 10.0 Å². The molecule has 0 amide bonds.